The lowest BCUT2D eigenvalue weighted by Gasteiger charge is -2.30. The number of carbonyl (C=O) groups is 1. The van der Waals surface area contributed by atoms with E-state index in [9.17, 15) is 4.79 Å². The summed E-state index contributed by atoms with van der Waals surface area (Å²) >= 11 is 1.49. The summed E-state index contributed by atoms with van der Waals surface area (Å²) in [5, 5.41) is 9.14. The first-order valence-corrected chi connectivity index (χ1v) is 10.8. The van der Waals surface area contributed by atoms with E-state index >= 15 is 0 Å². The molecule has 2 aromatic carbocycles. The smallest absolute Gasteiger partial charge is 0.247 e. The Kier molecular flexibility index (Phi) is 5.85. The molecule has 1 aromatic heterocycles. The standard InChI is InChI=1S/C22H22N4O3S/c1-4-28-16-12-10-15(11-13-16)21-26(14(3)27)18-9-7-6-8-17(18)19-20(29-21)23-22(25-24-19)30-5-2/h6-13,21H,4-5H2,1-3H3. The van der Waals surface area contributed by atoms with Crippen LogP contribution in [0.2, 0.25) is 0 Å². The topological polar surface area (TPSA) is 77.4 Å². The van der Waals surface area contributed by atoms with Gasteiger partial charge in [0, 0.05) is 18.1 Å². The fraction of sp³-hybridized carbons (Fsp3) is 0.273. The summed E-state index contributed by atoms with van der Waals surface area (Å²) < 4.78 is 11.9. The zero-order valence-electron chi connectivity index (χ0n) is 17.0. The highest BCUT2D eigenvalue weighted by Gasteiger charge is 2.34. The van der Waals surface area contributed by atoms with Crippen molar-refractivity contribution in [2.45, 2.75) is 32.2 Å². The maximum atomic E-state index is 12.7. The maximum Gasteiger partial charge on any atom is 0.247 e. The number of fused-ring (bicyclic) bond motifs is 3. The number of ether oxygens (including phenoxy) is 2. The summed E-state index contributed by atoms with van der Waals surface area (Å²) in [5.74, 6) is 1.79. The third kappa shape index (κ3) is 3.82. The predicted molar refractivity (Wildman–Crippen MR) is 116 cm³/mol. The lowest BCUT2D eigenvalue weighted by molar-refractivity contribution is -0.118. The molecule has 1 amide bonds. The van der Waals surface area contributed by atoms with Crippen LogP contribution in [0.25, 0.3) is 11.3 Å². The number of aromatic nitrogens is 3. The van der Waals surface area contributed by atoms with E-state index in [1.54, 1.807) is 4.90 Å². The zero-order chi connectivity index (χ0) is 21.1. The van der Waals surface area contributed by atoms with Crippen molar-refractivity contribution in [2.75, 3.05) is 17.3 Å². The van der Waals surface area contributed by atoms with Crippen molar-refractivity contribution >= 4 is 23.4 Å². The molecule has 1 aliphatic heterocycles. The largest absolute Gasteiger partial charge is 0.494 e. The Morgan fingerprint density at radius 3 is 2.60 bits per heavy atom. The molecular weight excluding hydrogens is 400 g/mol. The number of hydrogen-bond acceptors (Lipinski definition) is 7. The van der Waals surface area contributed by atoms with Crippen LogP contribution >= 0.6 is 11.8 Å². The van der Waals surface area contributed by atoms with Gasteiger partial charge in [0.15, 0.2) is 5.69 Å². The van der Waals surface area contributed by atoms with Gasteiger partial charge in [-0.2, -0.15) is 4.98 Å². The molecule has 0 saturated carbocycles. The fourth-order valence-electron chi connectivity index (χ4n) is 3.36. The van der Waals surface area contributed by atoms with Crippen molar-refractivity contribution in [1.82, 2.24) is 15.2 Å². The van der Waals surface area contributed by atoms with E-state index in [0.717, 1.165) is 22.6 Å². The minimum absolute atomic E-state index is 0.148. The summed E-state index contributed by atoms with van der Waals surface area (Å²) in [6.07, 6.45) is -0.697. The number of amides is 1. The van der Waals surface area contributed by atoms with Gasteiger partial charge >= 0.3 is 0 Å². The van der Waals surface area contributed by atoms with Crippen molar-refractivity contribution in [3.63, 3.8) is 0 Å². The van der Waals surface area contributed by atoms with E-state index in [0.29, 0.717) is 29.0 Å². The van der Waals surface area contributed by atoms with Crippen LogP contribution in [0.3, 0.4) is 0 Å². The molecule has 0 fully saturated rings. The van der Waals surface area contributed by atoms with E-state index in [4.69, 9.17) is 9.47 Å². The van der Waals surface area contributed by atoms with Crippen molar-refractivity contribution in [2.24, 2.45) is 0 Å². The quantitative estimate of drug-likeness (QED) is 0.561. The Balaban J connectivity index is 1.87. The molecule has 0 bridgehead atoms. The highest BCUT2D eigenvalue weighted by Crippen LogP contribution is 2.43. The molecule has 1 unspecified atom stereocenters. The van der Waals surface area contributed by atoms with Crippen LogP contribution in [0.5, 0.6) is 11.6 Å². The first-order valence-electron chi connectivity index (χ1n) is 9.78. The first kappa shape index (κ1) is 20.2. The molecule has 0 N–H and O–H groups in total. The van der Waals surface area contributed by atoms with Gasteiger partial charge in [0.05, 0.1) is 12.3 Å². The maximum absolute atomic E-state index is 12.7. The molecule has 7 nitrogen and oxygen atoms in total. The second-order valence-corrected chi connectivity index (χ2v) is 7.79. The highest BCUT2D eigenvalue weighted by atomic mass is 32.2. The molecule has 0 aliphatic carbocycles. The number of anilines is 1. The lowest BCUT2D eigenvalue weighted by Crippen LogP contribution is -2.36. The SMILES string of the molecule is CCOc1ccc(C2Oc3nc(SCC)nnc3-c3ccccc3N2C(C)=O)cc1. The predicted octanol–water partition coefficient (Wildman–Crippen LogP) is 4.49. The van der Waals surface area contributed by atoms with Crippen molar-refractivity contribution in [3.8, 4) is 22.9 Å². The van der Waals surface area contributed by atoms with Gasteiger partial charge in [0.2, 0.25) is 23.2 Å². The van der Waals surface area contributed by atoms with Gasteiger partial charge in [-0.05, 0) is 43.0 Å². The van der Waals surface area contributed by atoms with Gasteiger partial charge in [-0.25, -0.2) is 0 Å². The summed E-state index contributed by atoms with van der Waals surface area (Å²) in [4.78, 5) is 19.0. The van der Waals surface area contributed by atoms with Crippen molar-refractivity contribution in [3.05, 3.63) is 54.1 Å². The lowest BCUT2D eigenvalue weighted by atomic mass is 10.1. The molecule has 8 heteroatoms. The van der Waals surface area contributed by atoms with Crippen LogP contribution in [0, 0.1) is 0 Å². The molecule has 3 aromatic rings. The van der Waals surface area contributed by atoms with Crippen molar-refractivity contribution < 1.29 is 14.3 Å². The molecule has 0 radical (unpaired) electrons. The van der Waals surface area contributed by atoms with E-state index in [1.807, 2.05) is 62.4 Å². The number of carbonyl (C=O) groups excluding carboxylic acids is 1. The van der Waals surface area contributed by atoms with Crippen LogP contribution < -0.4 is 14.4 Å². The van der Waals surface area contributed by atoms with Crippen LogP contribution in [-0.4, -0.2) is 33.4 Å². The number of thioether (sulfide) groups is 1. The van der Waals surface area contributed by atoms with Crippen molar-refractivity contribution in [1.29, 1.82) is 0 Å². The number of para-hydroxylation sites is 1. The highest BCUT2D eigenvalue weighted by molar-refractivity contribution is 7.99. The zero-order valence-corrected chi connectivity index (χ0v) is 17.8. The van der Waals surface area contributed by atoms with Gasteiger partial charge in [-0.1, -0.05) is 36.9 Å². The molecule has 154 valence electrons. The number of nitrogens with zero attached hydrogens (tertiary/aromatic N) is 4. The van der Waals surface area contributed by atoms with E-state index in [2.05, 4.69) is 15.2 Å². The third-order valence-corrected chi connectivity index (χ3v) is 5.32. The van der Waals surface area contributed by atoms with Crippen LogP contribution in [-0.2, 0) is 4.79 Å². The third-order valence-electron chi connectivity index (χ3n) is 4.60. The van der Waals surface area contributed by atoms with Gasteiger partial charge in [0.25, 0.3) is 0 Å². The molecule has 0 spiro atoms. The molecule has 2 heterocycles. The van der Waals surface area contributed by atoms with Gasteiger partial charge < -0.3 is 9.47 Å². The van der Waals surface area contributed by atoms with Gasteiger partial charge in [-0.3, -0.25) is 9.69 Å². The van der Waals surface area contributed by atoms with Crippen LogP contribution in [0.1, 0.15) is 32.6 Å². The second kappa shape index (κ2) is 8.71. The second-order valence-electron chi connectivity index (χ2n) is 6.56. The first-order chi connectivity index (χ1) is 14.6. The Bertz CT molecular complexity index is 1060. The number of rotatable bonds is 5. The average molecular weight is 423 g/mol. The Morgan fingerprint density at radius 1 is 1.13 bits per heavy atom. The van der Waals surface area contributed by atoms with E-state index in [1.165, 1.54) is 18.7 Å². The summed E-state index contributed by atoms with van der Waals surface area (Å²) in [7, 11) is 0. The Morgan fingerprint density at radius 2 is 1.90 bits per heavy atom. The van der Waals surface area contributed by atoms with Crippen LogP contribution in [0.4, 0.5) is 5.69 Å². The summed E-state index contributed by atoms with van der Waals surface area (Å²) in [6.45, 7) is 6.07. The van der Waals surface area contributed by atoms with Gasteiger partial charge in [0.1, 0.15) is 5.75 Å². The minimum Gasteiger partial charge on any atom is -0.494 e. The monoisotopic (exact) mass is 422 g/mol. The normalized spacial score (nSPS) is 14.9. The molecular formula is C22H22N4O3S. The fourth-order valence-corrected chi connectivity index (χ4v) is 3.86. The molecule has 1 atom stereocenters. The Hall–Kier alpha value is -3.13. The summed E-state index contributed by atoms with van der Waals surface area (Å²) in [6, 6.07) is 15.1. The van der Waals surface area contributed by atoms with Crippen LogP contribution in [0.15, 0.2) is 53.7 Å². The molecule has 1 aliphatic rings. The Labute approximate surface area is 179 Å². The molecule has 0 saturated heterocycles. The number of hydrogen-bond donors (Lipinski definition) is 0. The molecule has 4 rings (SSSR count). The summed E-state index contributed by atoms with van der Waals surface area (Å²) in [5.41, 5.74) is 2.78. The van der Waals surface area contributed by atoms with E-state index in [-0.39, 0.29) is 5.91 Å². The van der Waals surface area contributed by atoms with E-state index < -0.39 is 6.23 Å². The molecule has 30 heavy (non-hydrogen) atoms. The minimum atomic E-state index is -0.697. The van der Waals surface area contributed by atoms with Gasteiger partial charge in [-0.15, -0.1) is 10.2 Å². The average Bonchev–Trinajstić information content (AvgIpc) is 2.89. The number of benzene rings is 2.